The molecule has 0 aliphatic carbocycles. The fourth-order valence-corrected chi connectivity index (χ4v) is 2.09. The first-order valence-electron chi connectivity index (χ1n) is 5.17. The van der Waals surface area contributed by atoms with Gasteiger partial charge in [-0.2, -0.15) is 0 Å². The Morgan fingerprint density at radius 3 is 2.83 bits per heavy atom. The van der Waals surface area contributed by atoms with Crippen molar-refractivity contribution >= 4 is 40.1 Å². The van der Waals surface area contributed by atoms with Crippen molar-refractivity contribution in [3.8, 4) is 0 Å². The Kier molecular flexibility index (Phi) is 3.45. The van der Waals surface area contributed by atoms with E-state index in [2.05, 4.69) is 4.98 Å². The molecule has 0 radical (unpaired) electrons. The van der Waals surface area contributed by atoms with E-state index in [-0.39, 0.29) is 11.6 Å². The van der Waals surface area contributed by atoms with Gasteiger partial charge in [0.25, 0.3) is 0 Å². The number of nitrogens with two attached hydrogens (primary N) is 1. The summed E-state index contributed by atoms with van der Waals surface area (Å²) in [4.78, 5) is 15.3. The summed E-state index contributed by atoms with van der Waals surface area (Å²) in [7, 11) is 0. The van der Waals surface area contributed by atoms with Crippen molar-refractivity contribution < 1.29 is 9.18 Å². The number of nitrogens with zero attached hydrogens (tertiary/aromatic N) is 2. The molecule has 1 aromatic heterocycles. The van der Waals surface area contributed by atoms with Crippen LogP contribution in [0.4, 0.5) is 4.39 Å². The number of carbonyl (C=O) groups excluding carboxylic acids is 1. The van der Waals surface area contributed by atoms with Gasteiger partial charge in [0, 0.05) is 6.07 Å². The van der Waals surface area contributed by atoms with E-state index in [0.717, 1.165) is 0 Å². The van der Waals surface area contributed by atoms with Crippen LogP contribution in [0.2, 0.25) is 5.02 Å². The van der Waals surface area contributed by atoms with E-state index in [1.165, 1.54) is 12.1 Å². The van der Waals surface area contributed by atoms with Crippen LogP contribution in [0, 0.1) is 5.82 Å². The van der Waals surface area contributed by atoms with Gasteiger partial charge in [-0.25, -0.2) is 9.37 Å². The Balaban J connectivity index is 2.72. The molecule has 4 nitrogen and oxygen atoms in total. The molecule has 1 heterocycles. The van der Waals surface area contributed by atoms with Crippen LogP contribution in [0.15, 0.2) is 12.1 Å². The molecule has 2 rings (SSSR count). The number of halogens is 3. The smallest absolute Gasteiger partial charge is 0.237 e. The van der Waals surface area contributed by atoms with Gasteiger partial charge < -0.3 is 10.3 Å². The Morgan fingerprint density at radius 1 is 1.61 bits per heavy atom. The first-order chi connectivity index (χ1) is 8.40. The van der Waals surface area contributed by atoms with Gasteiger partial charge in [-0.3, -0.25) is 4.79 Å². The van der Waals surface area contributed by atoms with Gasteiger partial charge in [-0.05, 0) is 13.0 Å². The molecule has 0 saturated heterocycles. The normalized spacial score (nSPS) is 12.9. The Morgan fingerprint density at radius 2 is 2.28 bits per heavy atom. The molecule has 0 fully saturated rings. The minimum Gasteiger partial charge on any atom is -0.368 e. The third-order valence-corrected chi connectivity index (χ3v) is 2.97. The molecule has 2 N–H and O–H groups in total. The van der Waals surface area contributed by atoms with Crippen molar-refractivity contribution in [2.75, 3.05) is 0 Å². The summed E-state index contributed by atoms with van der Waals surface area (Å²) in [5, 5.41) is -0.472. The zero-order chi connectivity index (χ0) is 13.4. The number of aromatic nitrogens is 2. The number of primary amides is 1. The second-order valence-corrected chi connectivity index (χ2v) is 4.96. The maximum absolute atomic E-state index is 13.3. The van der Waals surface area contributed by atoms with E-state index in [1.807, 2.05) is 0 Å². The number of alkyl halides is 1. The number of hydrogen-bond donors (Lipinski definition) is 1. The van der Waals surface area contributed by atoms with Crippen molar-refractivity contribution in [2.24, 2.45) is 5.73 Å². The monoisotopic (exact) mass is 289 g/mol. The maximum atomic E-state index is 13.3. The van der Waals surface area contributed by atoms with E-state index < -0.39 is 17.1 Å². The van der Waals surface area contributed by atoms with Crippen molar-refractivity contribution in [1.29, 1.82) is 0 Å². The van der Waals surface area contributed by atoms with Gasteiger partial charge in [0.15, 0.2) is 0 Å². The van der Waals surface area contributed by atoms with Gasteiger partial charge in [-0.15, -0.1) is 11.6 Å². The lowest BCUT2D eigenvalue weighted by atomic mass is 10.3. The van der Waals surface area contributed by atoms with Crippen LogP contribution in [0.3, 0.4) is 0 Å². The first-order valence-corrected chi connectivity index (χ1v) is 5.99. The lowest BCUT2D eigenvalue weighted by Gasteiger charge is -2.08. The predicted molar refractivity (Wildman–Crippen MR) is 68.2 cm³/mol. The molecule has 2 aromatic rings. The maximum Gasteiger partial charge on any atom is 0.237 e. The molecule has 1 unspecified atom stereocenters. The fraction of sp³-hybridized carbons (Fsp3) is 0.273. The summed E-state index contributed by atoms with van der Waals surface area (Å²) in [6.45, 7) is 1.63. The molecule has 18 heavy (non-hydrogen) atoms. The first kappa shape index (κ1) is 13.1. The standard InChI is InChI=1S/C11H10Cl2FN3O/c1-5(12)11-16-8-3-7(14)6(13)2-9(8)17(11)4-10(15)18/h2-3,5H,4H2,1H3,(H2,15,18). The predicted octanol–water partition coefficient (Wildman–Crippen LogP) is 2.61. The molecule has 0 bridgehead atoms. The summed E-state index contributed by atoms with van der Waals surface area (Å²) in [6.07, 6.45) is 0. The number of imidazole rings is 1. The minimum absolute atomic E-state index is 0.0399. The number of rotatable bonds is 3. The van der Waals surface area contributed by atoms with E-state index in [4.69, 9.17) is 28.9 Å². The Labute approximate surface area is 112 Å². The second kappa shape index (κ2) is 4.74. The summed E-state index contributed by atoms with van der Waals surface area (Å²) < 4.78 is 14.9. The molecule has 96 valence electrons. The average Bonchev–Trinajstić information content (AvgIpc) is 2.57. The van der Waals surface area contributed by atoms with Crippen LogP contribution in [0.5, 0.6) is 0 Å². The van der Waals surface area contributed by atoms with E-state index in [1.54, 1.807) is 11.5 Å². The molecule has 1 atom stereocenters. The fourth-order valence-electron chi connectivity index (χ4n) is 1.76. The van der Waals surface area contributed by atoms with Crippen molar-refractivity contribution in [1.82, 2.24) is 9.55 Å². The minimum atomic E-state index is -0.568. The number of fused-ring (bicyclic) bond motifs is 1. The van der Waals surface area contributed by atoms with Crippen LogP contribution in [0.25, 0.3) is 11.0 Å². The summed E-state index contributed by atoms with van der Waals surface area (Å²) in [5.41, 5.74) is 6.09. The van der Waals surface area contributed by atoms with Crippen molar-refractivity contribution in [2.45, 2.75) is 18.8 Å². The lowest BCUT2D eigenvalue weighted by molar-refractivity contribution is -0.118. The Hall–Kier alpha value is -1.33. The topological polar surface area (TPSA) is 60.9 Å². The lowest BCUT2D eigenvalue weighted by Crippen LogP contribution is -2.20. The molecular weight excluding hydrogens is 280 g/mol. The van der Waals surface area contributed by atoms with E-state index >= 15 is 0 Å². The number of carbonyl (C=O) groups is 1. The highest BCUT2D eigenvalue weighted by molar-refractivity contribution is 6.31. The van der Waals surface area contributed by atoms with Crippen LogP contribution in [-0.4, -0.2) is 15.5 Å². The number of amides is 1. The zero-order valence-electron chi connectivity index (χ0n) is 9.45. The molecule has 0 spiro atoms. The molecule has 7 heteroatoms. The van der Waals surface area contributed by atoms with Gasteiger partial charge in [-0.1, -0.05) is 11.6 Å². The molecule has 0 aliphatic heterocycles. The summed E-state index contributed by atoms with van der Waals surface area (Å²) >= 11 is 11.7. The largest absolute Gasteiger partial charge is 0.368 e. The SMILES string of the molecule is CC(Cl)c1nc2cc(F)c(Cl)cc2n1CC(N)=O. The van der Waals surface area contributed by atoms with Gasteiger partial charge in [0.1, 0.15) is 18.2 Å². The third-order valence-electron chi connectivity index (χ3n) is 2.49. The van der Waals surface area contributed by atoms with E-state index in [9.17, 15) is 9.18 Å². The molecule has 0 aliphatic rings. The van der Waals surface area contributed by atoms with Crippen molar-refractivity contribution in [3.63, 3.8) is 0 Å². The molecule has 0 saturated carbocycles. The average molecular weight is 290 g/mol. The number of hydrogen-bond acceptors (Lipinski definition) is 2. The molecule has 1 amide bonds. The highest BCUT2D eigenvalue weighted by Gasteiger charge is 2.17. The van der Waals surface area contributed by atoms with Crippen molar-refractivity contribution in [3.05, 3.63) is 28.8 Å². The van der Waals surface area contributed by atoms with Crippen LogP contribution in [-0.2, 0) is 11.3 Å². The van der Waals surface area contributed by atoms with Crippen LogP contribution < -0.4 is 5.73 Å². The highest BCUT2D eigenvalue weighted by Crippen LogP contribution is 2.28. The van der Waals surface area contributed by atoms with Gasteiger partial charge in [0.05, 0.1) is 21.4 Å². The van der Waals surface area contributed by atoms with Crippen LogP contribution in [0.1, 0.15) is 18.1 Å². The van der Waals surface area contributed by atoms with Gasteiger partial charge >= 0.3 is 0 Å². The quantitative estimate of drug-likeness (QED) is 0.883. The van der Waals surface area contributed by atoms with Crippen LogP contribution >= 0.6 is 23.2 Å². The highest BCUT2D eigenvalue weighted by atomic mass is 35.5. The Bertz CT molecular complexity index is 624. The second-order valence-electron chi connectivity index (χ2n) is 3.89. The number of benzene rings is 1. The molecule has 1 aromatic carbocycles. The molecular formula is C11H10Cl2FN3O. The summed E-state index contributed by atoms with van der Waals surface area (Å²) in [5.74, 6) is -0.651. The van der Waals surface area contributed by atoms with Gasteiger partial charge in [0.2, 0.25) is 5.91 Å². The van der Waals surface area contributed by atoms with E-state index in [0.29, 0.717) is 16.9 Å². The zero-order valence-corrected chi connectivity index (χ0v) is 11.0. The third kappa shape index (κ3) is 2.28. The summed E-state index contributed by atoms with van der Waals surface area (Å²) in [6, 6.07) is 2.61.